The number of aromatic hydroxyl groups is 2. The minimum atomic E-state index is -0.305. The lowest BCUT2D eigenvalue weighted by atomic mass is 9.99. The van der Waals surface area contributed by atoms with E-state index in [0.717, 1.165) is 24.0 Å². The SMILES string of the molecule is CC(C)=CCC/C(C)=C/Cc1c(OCc2ccccc2)ccc(C(=O)C=Cc2ccc(O)cc2)c1O. The number of phenolic OH excluding ortho intramolecular Hbond substituents is 2. The third-order valence-electron chi connectivity index (χ3n) is 5.81. The van der Waals surface area contributed by atoms with E-state index in [2.05, 4.69) is 32.9 Å². The average Bonchev–Trinajstić information content (AvgIpc) is 2.86. The van der Waals surface area contributed by atoms with E-state index in [4.69, 9.17) is 4.74 Å². The topological polar surface area (TPSA) is 66.8 Å². The maximum absolute atomic E-state index is 12.9. The highest BCUT2D eigenvalue weighted by molar-refractivity contribution is 6.09. The highest BCUT2D eigenvalue weighted by atomic mass is 16.5. The number of phenols is 2. The fourth-order valence-electron chi connectivity index (χ4n) is 3.70. The molecule has 3 aromatic rings. The van der Waals surface area contributed by atoms with Crippen LogP contribution < -0.4 is 4.74 Å². The normalized spacial score (nSPS) is 11.5. The standard InChI is InChI=1S/C32H34O4/c1-23(2)8-7-9-24(3)12-18-29-31(36-22-26-10-5-4-6-11-26)21-19-28(32(29)35)30(34)20-15-25-13-16-27(33)17-14-25/h4-6,8,10-17,19-21,33,35H,7,9,18,22H2,1-3H3/b20-15?,24-12+. The Morgan fingerprint density at radius 3 is 2.31 bits per heavy atom. The minimum absolute atomic E-state index is 0.0609. The van der Waals surface area contributed by atoms with Crippen LogP contribution in [0, 0.1) is 0 Å². The summed E-state index contributed by atoms with van der Waals surface area (Å²) in [6.45, 7) is 6.62. The molecule has 4 nitrogen and oxygen atoms in total. The number of benzene rings is 3. The third-order valence-corrected chi connectivity index (χ3v) is 5.81. The Balaban J connectivity index is 1.85. The second kappa shape index (κ2) is 13.1. The van der Waals surface area contributed by atoms with E-state index in [1.165, 1.54) is 17.2 Å². The van der Waals surface area contributed by atoms with Crippen LogP contribution in [0.1, 0.15) is 60.7 Å². The molecule has 3 rings (SSSR count). The molecule has 0 spiro atoms. The number of ether oxygens (including phenoxy) is 1. The van der Waals surface area contributed by atoms with Crippen molar-refractivity contribution in [3.8, 4) is 17.2 Å². The molecule has 0 heterocycles. The lowest BCUT2D eigenvalue weighted by Gasteiger charge is -2.15. The van der Waals surface area contributed by atoms with Gasteiger partial charge in [0.1, 0.15) is 23.9 Å². The van der Waals surface area contributed by atoms with Crippen molar-refractivity contribution in [3.05, 3.63) is 118 Å². The summed E-state index contributed by atoms with van der Waals surface area (Å²) in [6, 6.07) is 19.8. The first-order chi connectivity index (χ1) is 17.3. The van der Waals surface area contributed by atoms with E-state index >= 15 is 0 Å². The zero-order valence-electron chi connectivity index (χ0n) is 21.2. The van der Waals surface area contributed by atoms with E-state index in [1.54, 1.807) is 42.5 Å². The molecule has 0 fully saturated rings. The molecule has 4 heteroatoms. The Morgan fingerprint density at radius 1 is 0.889 bits per heavy atom. The van der Waals surface area contributed by atoms with Gasteiger partial charge in [0.2, 0.25) is 0 Å². The second-order valence-corrected chi connectivity index (χ2v) is 9.08. The molecule has 0 aliphatic carbocycles. The number of allylic oxidation sites excluding steroid dienone is 5. The summed E-state index contributed by atoms with van der Waals surface area (Å²) < 4.78 is 6.07. The smallest absolute Gasteiger partial charge is 0.189 e. The molecule has 0 aliphatic heterocycles. The number of rotatable bonds is 11. The zero-order chi connectivity index (χ0) is 25.9. The van der Waals surface area contributed by atoms with Gasteiger partial charge in [0.15, 0.2) is 5.78 Å². The predicted molar refractivity (Wildman–Crippen MR) is 146 cm³/mol. The van der Waals surface area contributed by atoms with Crippen molar-refractivity contribution in [3.63, 3.8) is 0 Å². The van der Waals surface area contributed by atoms with E-state index in [0.29, 0.717) is 24.3 Å². The zero-order valence-corrected chi connectivity index (χ0v) is 21.2. The van der Waals surface area contributed by atoms with Gasteiger partial charge >= 0.3 is 0 Å². The largest absolute Gasteiger partial charge is 0.508 e. The summed E-state index contributed by atoms with van der Waals surface area (Å²) in [4.78, 5) is 12.9. The maximum atomic E-state index is 12.9. The summed E-state index contributed by atoms with van der Waals surface area (Å²) in [5.74, 6) is 0.356. The molecule has 0 unspecified atom stereocenters. The number of carbonyl (C=O) groups excluding carboxylic acids is 1. The van der Waals surface area contributed by atoms with Gasteiger partial charge in [0.25, 0.3) is 0 Å². The van der Waals surface area contributed by atoms with Crippen LogP contribution in [0.4, 0.5) is 0 Å². The predicted octanol–water partition coefficient (Wildman–Crippen LogP) is 7.81. The number of hydrogen-bond donors (Lipinski definition) is 2. The molecule has 186 valence electrons. The summed E-state index contributed by atoms with van der Waals surface area (Å²) >= 11 is 0. The average molecular weight is 483 g/mol. The fourth-order valence-corrected chi connectivity index (χ4v) is 3.70. The van der Waals surface area contributed by atoms with Gasteiger partial charge in [-0.25, -0.2) is 0 Å². The van der Waals surface area contributed by atoms with Crippen LogP contribution in [0.5, 0.6) is 17.2 Å². The second-order valence-electron chi connectivity index (χ2n) is 9.08. The van der Waals surface area contributed by atoms with Crippen molar-refractivity contribution in [2.24, 2.45) is 0 Å². The van der Waals surface area contributed by atoms with Gasteiger partial charge in [0, 0.05) is 5.56 Å². The van der Waals surface area contributed by atoms with E-state index in [9.17, 15) is 15.0 Å². The van der Waals surface area contributed by atoms with Crippen LogP contribution in [0.2, 0.25) is 0 Å². The van der Waals surface area contributed by atoms with Gasteiger partial charge in [-0.1, -0.05) is 71.8 Å². The summed E-state index contributed by atoms with van der Waals surface area (Å²) in [6.07, 6.45) is 9.74. The number of ketones is 1. The molecule has 0 aromatic heterocycles. The van der Waals surface area contributed by atoms with E-state index in [1.807, 2.05) is 30.3 Å². The molecule has 0 amide bonds. The van der Waals surface area contributed by atoms with Crippen LogP contribution in [-0.4, -0.2) is 16.0 Å². The van der Waals surface area contributed by atoms with Crippen LogP contribution in [0.15, 0.2) is 96.1 Å². The third kappa shape index (κ3) is 8.02. The van der Waals surface area contributed by atoms with Gasteiger partial charge in [-0.3, -0.25) is 4.79 Å². The van der Waals surface area contributed by atoms with Crippen molar-refractivity contribution < 1.29 is 19.7 Å². The Morgan fingerprint density at radius 2 is 1.61 bits per heavy atom. The van der Waals surface area contributed by atoms with Crippen molar-refractivity contribution >= 4 is 11.9 Å². The Kier molecular flexibility index (Phi) is 9.70. The molecule has 0 radical (unpaired) electrons. The lowest BCUT2D eigenvalue weighted by molar-refractivity contribution is 0.104. The highest BCUT2D eigenvalue weighted by Crippen LogP contribution is 2.34. The highest BCUT2D eigenvalue weighted by Gasteiger charge is 2.17. The van der Waals surface area contributed by atoms with Gasteiger partial charge in [-0.2, -0.15) is 0 Å². The molecular formula is C32H34O4. The van der Waals surface area contributed by atoms with E-state index < -0.39 is 0 Å². The van der Waals surface area contributed by atoms with Gasteiger partial charge < -0.3 is 14.9 Å². The molecule has 0 saturated carbocycles. The summed E-state index contributed by atoms with van der Waals surface area (Å²) in [5, 5.41) is 20.6. The van der Waals surface area contributed by atoms with Crippen LogP contribution in [0.3, 0.4) is 0 Å². The van der Waals surface area contributed by atoms with Gasteiger partial charge in [0.05, 0.1) is 5.56 Å². The van der Waals surface area contributed by atoms with Crippen LogP contribution in [-0.2, 0) is 13.0 Å². The molecule has 0 bridgehead atoms. The van der Waals surface area contributed by atoms with Crippen LogP contribution >= 0.6 is 0 Å². The lowest BCUT2D eigenvalue weighted by Crippen LogP contribution is -2.03. The van der Waals surface area contributed by atoms with Crippen molar-refractivity contribution in [2.45, 2.75) is 46.6 Å². The Labute approximate surface area is 213 Å². The fraction of sp³-hybridized carbons (Fsp3) is 0.219. The summed E-state index contributed by atoms with van der Waals surface area (Å²) in [5.41, 5.74) is 5.12. The molecule has 3 aromatic carbocycles. The molecular weight excluding hydrogens is 448 g/mol. The first-order valence-electron chi connectivity index (χ1n) is 12.2. The quantitative estimate of drug-likeness (QED) is 0.166. The summed E-state index contributed by atoms with van der Waals surface area (Å²) in [7, 11) is 0. The minimum Gasteiger partial charge on any atom is -0.508 e. The number of hydrogen-bond acceptors (Lipinski definition) is 4. The van der Waals surface area contributed by atoms with Gasteiger partial charge in [-0.05, 0) is 81.5 Å². The first kappa shape index (κ1) is 26.6. The molecule has 0 saturated heterocycles. The van der Waals surface area contributed by atoms with Gasteiger partial charge in [-0.15, -0.1) is 0 Å². The maximum Gasteiger partial charge on any atom is 0.189 e. The number of carbonyl (C=O) groups is 1. The van der Waals surface area contributed by atoms with Crippen molar-refractivity contribution in [1.29, 1.82) is 0 Å². The Hall–Kier alpha value is -4.05. The first-order valence-corrected chi connectivity index (χ1v) is 12.2. The Bertz CT molecular complexity index is 1250. The molecule has 0 aliphatic rings. The van der Waals surface area contributed by atoms with Crippen LogP contribution in [0.25, 0.3) is 6.08 Å². The monoisotopic (exact) mass is 482 g/mol. The molecule has 36 heavy (non-hydrogen) atoms. The van der Waals surface area contributed by atoms with E-state index in [-0.39, 0.29) is 22.8 Å². The molecule has 2 N–H and O–H groups in total. The van der Waals surface area contributed by atoms with Crippen molar-refractivity contribution in [1.82, 2.24) is 0 Å². The molecule has 0 atom stereocenters. The van der Waals surface area contributed by atoms with Crippen molar-refractivity contribution in [2.75, 3.05) is 0 Å².